The Morgan fingerprint density at radius 1 is 1.25 bits per heavy atom. The molecule has 32 heavy (non-hydrogen) atoms. The van der Waals surface area contributed by atoms with Crippen LogP contribution in [-0.2, 0) is 19.0 Å². The van der Waals surface area contributed by atoms with E-state index in [1.54, 1.807) is 21.3 Å². The highest BCUT2D eigenvalue weighted by Crippen LogP contribution is 2.61. The van der Waals surface area contributed by atoms with Crippen molar-refractivity contribution in [1.29, 1.82) is 0 Å². The molecule has 2 fully saturated rings. The average Bonchev–Trinajstić information content (AvgIpc) is 3.16. The van der Waals surface area contributed by atoms with Gasteiger partial charge in [0.05, 0.1) is 26.4 Å². The minimum Gasteiger partial charge on any atom is -0.493 e. The summed E-state index contributed by atoms with van der Waals surface area (Å²) >= 11 is 0. The molecule has 176 valence electrons. The second kappa shape index (κ2) is 10.4. The van der Waals surface area contributed by atoms with Crippen LogP contribution in [0, 0.1) is 17.3 Å². The zero-order valence-corrected chi connectivity index (χ0v) is 19.2. The molecule has 0 aliphatic heterocycles. The molecule has 0 aromatic heterocycles. The largest absolute Gasteiger partial charge is 0.493 e. The van der Waals surface area contributed by atoms with Crippen molar-refractivity contribution in [3.8, 4) is 11.5 Å². The lowest BCUT2D eigenvalue weighted by Crippen LogP contribution is -2.57. The van der Waals surface area contributed by atoms with Crippen molar-refractivity contribution in [3.63, 3.8) is 0 Å². The number of methoxy groups -OCH3 is 4. The van der Waals surface area contributed by atoms with Gasteiger partial charge in [-0.25, -0.2) is 4.79 Å². The molecule has 2 saturated carbocycles. The van der Waals surface area contributed by atoms with Crippen molar-refractivity contribution in [3.05, 3.63) is 36.4 Å². The van der Waals surface area contributed by atoms with Gasteiger partial charge in [-0.1, -0.05) is 18.2 Å². The van der Waals surface area contributed by atoms with Gasteiger partial charge in [0.25, 0.3) is 0 Å². The van der Waals surface area contributed by atoms with Crippen molar-refractivity contribution >= 4 is 12.4 Å². The normalized spacial score (nSPS) is 31.3. The van der Waals surface area contributed by atoms with E-state index >= 15 is 0 Å². The van der Waals surface area contributed by atoms with E-state index in [0.29, 0.717) is 24.3 Å². The highest BCUT2D eigenvalue weighted by molar-refractivity contribution is 5.68. The first-order chi connectivity index (χ1) is 15.5. The minimum absolute atomic E-state index is 0.0587. The first-order valence-corrected chi connectivity index (χ1v) is 10.8. The Bertz CT molecular complexity index is 829. The van der Waals surface area contributed by atoms with E-state index in [4.69, 9.17) is 23.7 Å². The fraction of sp³-hybridized carbons (Fsp3) is 0.583. The van der Waals surface area contributed by atoms with Crippen LogP contribution < -0.4 is 14.8 Å². The number of carbonyl (C=O) groups is 2. The smallest absolute Gasteiger partial charge is 0.407 e. The van der Waals surface area contributed by atoms with Gasteiger partial charge in [-0.15, -0.1) is 6.58 Å². The third-order valence-corrected chi connectivity index (χ3v) is 7.14. The number of carbonyl (C=O) groups excluding carboxylic acids is 2. The number of hydrogen-bond acceptors (Lipinski definition) is 7. The summed E-state index contributed by atoms with van der Waals surface area (Å²) in [4.78, 5) is 24.5. The maximum atomic E-state index is 12.4. The van der Waals surface area contributed by atoms with Gasteiger partial charge in [-0.05, 0) is 31.2 Å². The molecule has 1 amide bonds. The summed E-state index contributed by atoms with van der Waals surface area (Å²) in [5.41, 5.74) is 0.226. The van der Waals surface area contributed by atoms with E-state index < -0.39 is 17.6 Å². The summed E-state index contributed by atoms with van der Waals surface area (Å²) in [6, 6.07) is 5.23. The van der Waals surface area contributed by atoms with E-state index in [0.717, 1.165) is 18.3 Å². The van der Waals surface area contributed by atoms with E-state index in [1.165, 1.54) is 7.11 Å². The highest BCUT2D eigenvalue weighted by Gasteiger charge is 2.62. The maximum absolute atomic E-state index is 12.4. The molecule has 0 radical (unpaired) electrons. The van der Waals surface area contributed by atoms with E-state index in [2.05, 4.69) is 11.9 Å². The molecule has 2 aliphatic rings. The van der Waals surface area contributed by atoms with Crippen molar-refractivity contribution in [2.45, 2.75) is 37.3 Å². The van der Waals surface area contributed by atoms with E-state index in [9.17, 15) is 9.59 Å². The number of para-hydroxylation sites is 1. The van der Waals surface area contributed by atoms with Gasteiger partial charge < -0.3 is 33.8 Å². The van der Waals surface area contributed by atoms with Gasteiger partial charge in [-0.3, -0.25) is 0 Å². The van der Waals surface area contributed by atoms with Gasteiger partial charge in [-0.2, -0.15) is 0 Å². The van der Waals surface area contributed by atoms with Gasteiger partial charge in [0.15, 0.2) is 18.3 Å². The van der Waals surface area contributed by atoms with Crippen LogP contribution in [0.15, 0.2) is 30.9 Å². The van der Waals surface area contributed by atoms with Crippen LogP contribution in [0.4, 0.5) is 4.79 Å². The van der Waals surface area contributed by atoms with Gasteiger partial charge >= 0.3 is 6.09 Å². The Morgan fingerprint density at radius 2 is 2.03 bits per heavy atom. The van der Waals surface area contributed by atoms with Gasteiger partial charge in [0, 0.05) is 37.0 Å². The predicted octanol–water partition coefficient (Wildman–Crippen LogP) is 3.30. The monoisotopic (exact) mass is 447 g/mol. The first kappa shape index (κ1) is 24.1. The van der Waals surface area contributed by atoms with E-state index in [1.807, 2.05) is 24.3 Å². The number of benzene rings is 1. The van der Waals surface area contributed by atoms with E-state index in [-0.39, 0.29) is 30.7 Å². The number of amides is 1. The number of nitrogens with one attached hydrogen (secondary N) is 1. The summed E-state index contributed by atoms with van der Waals surface area (Å²) in [6.07, 6.45) is 4.22. The standard InChI is InChI=1S/C24H33NO7/c1-6-24-18(15(13-26)10-11-20(24)29-3)12-17(22(24)25-23(27)31-5)16-8-7-9-19(21(16)30-4)32-14-28-2/h6-9,13,15,17-18,20,22H,1,10-12,14H2,2-5H3,(H,25,27)/t15-,17+,18+,20-,22+,24+/m0/s1. The Hall–Kier alpha value is -2.58. The summed E-state index contributed by atoms with van der Waals surface area (Å²) < 4.78 is 27.4. The average molecular weight is 448 g/mol. The number of fused-ring (bicyclic) bond motifs is 1. The molecule has 0 heterocycles. The molecule has 6 atom stereocenters. The van der Waals surface area contributed by atoms with Gasteiger partial charge in [0.2, 0.25) is 0 Å². The molecule has 0 unspecified atom stereocenters. The zero-order chi connectivity index (χ0) is 23.3. The lowest BCUT2D eigenvalue weighted by atomic mass is 9.60. The molecule has 0 spiro atoms. The predicted molar refractivity (Wildman–Crippen MR) is 118 cm³/mol. The second-order valence-corrected chi connectivity index (χ2v) is 8.30. The third-order valence-electron chi connectivity index (χ3n) is 7.14. The van der Waals surface area contributed by atoms with Crippen LogP contribution in [0.3, 0.4) is 0 Å². The first-order valence-electron chi connectivity index (χ1n) is 10.8. The molecule has 1 aromatic rings. The van der Waals surface area contributed by atoms with Gasteiger partial charge in [0.1, 0.15) is 6.29 Å². The molecule has 3 rings (SSSR count). The summed E-state index contributed by atoms with van der Waals surface area (Å²) in [6.45, 7) is 4.21. The maximum Gasteiger partial charge on any atom is 0.407 e. The summed E-state index contributed by atoms with van der Waals surface area (Å²) in [5, 5.41) is 3.04. The van der Waals surface area contributed by atoms with Crippen molar-refractivity contribution in [2.24, 2.45) is 17.3 Å². The number of ether oxygens (including phenoxy) is 5. The molecule has 1 aromatic carbocycles. The second-order valence-electron chi connectivity index (χ2n) is 8.30. The fourth-order valence-corrected chi connectivity index (χ4v) is 5.86. The molecule has 2 aliphatic carbocycles. The fourth-order valence-electron chi connectivity index (χ4n) is 5.86. The Kier molecular flexibility index (Phi) is 7.79. The number of aldehydes is 1. The lowest BCUT2D eigenvalue weighted by Gasteiger charge is -2.49. The molecule has 1 N–H and O–H groups in total. The molecule has 0 saturated heterocycles. The zero-order valence-electron chi connectivity index (χ0n) is 19.2. The van der Waals surface area contributed by atoms with Crippen LogP contribution in [-0.4, -0.2) is 59.8 Å². The van der Waals surface area contributed by atoms with Crippen LogP contribution in [0.5, 0.6) is 11.5 Å². The minimum atomic E-state index is -0.647. The Labute approximate surface area is 189 Å². The van der Waals surface area contributed by atoms with Crippen LogP contribution in [0.2, 0.25) is 0 Å². The van der Waals surface area contributed by atoms with Crippen LogP contribution >= 0.6 is 0 Å². The molecular weight excluding hydrogens is 414 g/mol. The quantitative estimate of drug-likeness (QED) is 0.353. The summed E-state index contributed by atoms with van der Waals surface area (Å²) in [7, 11) is 6.13. The Morgan fingerprint density at radius 3 is 2.62 bits per heavy atom. The molecule has 8 heteroatoms. The molecule has 0 bridgehead atoms. The number of rotatable bonds is 9. The highest BCUT2D eigenvalue weighted by atomic mass is 16.7. The molecule has 8 nitrogen and oxygen atoms in total. The number of alkyl carbamates (subject to hydrolysis) is 1. The number of hydrogen-bond donors (Lipinski definition) is 1. The van der Waals surface area contributed by atoms with Crippen molar-refractivity contribution in [1.82, 2.24) is 5.32 Å². The van der Waals surface area contributed by atoms with Crippen molar-refractivity contribution in [2.75, 3.05) is 35.2 Å². The molecular formula is C24H33NO7. The third kappa shape index (κ3) is 3.97. The van der Waals surface area contributed by atoms with Crippen LogP contribution in [0.1, 0.15) is 30.7 Å². The topological polar surface area (TPSA) is 92.3 Å². The van der Waals surface area contributed by atoms with Crippen molar-refractivity contribution < 1.29 is 33.3 Å². The van der Waals surface area contributed by atoms with Crippen LogP contribution in [0.25, 0.3) is 0 Å². The summed E-state index contributed by atoms with van der Waals surface area (Å²) in [5.74, 6) is 0.709. The Balaban J connectivity index is 2.16. The lowest BCUT2D eigenvalue weighted by molar-refractivity contribution is -0.121. The SMILES string of the molecule is C=C[C@]12[C@@H](OC)CC[C@@H](C=O)[C@H]1C[C@H](c1cccc(OCOC)c1OC)[C@H]2NC(=O)OC.